The van der Waals surface area contributed by atoms with Gasteiger partial charge in [0.15, 0.2) is 0 Å². The number of nitrogens with one attached hydrogen (secondary N) is 1. The minimum absolute atomic E-state index is 0.889. The Kier molecular flexibility index (Phi) is 4.43. The van der Waals surface area contributed by atoms with Crippen LogP contribution in [-0.4, -0.2) is 26.1 Å². The first-order chi connectivity index (χ1) is 7.60. The molecule has 4 heteroatoms. The SMILES string of the molecule is C=CC(=C)Sc1nccc(N(C)C)c1NC. The first-order valence-corrected chi connectivity index (χ1v) is 5.75. The number of pyridine rings is 1. The molecule has 1 aromatic rings. The summed E-state index contributed by atoms with van der Waals surface area (Å²) in [4.78, 5) is 7.28. The summed E-state index contributed by atoms with van der Waals surface area (Å²) in [7, 11) is 5.91. The van der Waals surface area contributed by atoms with Crippen LogP contribution in [0.5, 0.6) is 0 Å². The van der Waals surface area contributed by atoms with Crippen LogP contribution in [0.1, 0.15) is 0 Å². The highest BCUT2D eigenvalue weighted by molar-refractivity contribution is 8.03. The van der Waals surface area contributed by atoms with Crippen molar-refractivity contribution in [2.75, 3.05) is 31.4 Å². The van der Waals surface area contributed by atoms with Gasteiger partial charge < -0.3 is 10.2 Å². The molecule has 0 saturated heterocycles. The van der Waals surface area contributed by atoms with Crippen LogP contribution in [0.4, 0.5) is 11.4 Å². The van der Waals surface area contributed by atoms with Crippen molar-refractivity contribution >= 4 is 23.1 Å². The zero-order valence-electron chi connectivity index (χ0n) is 9.95. The highest BCUT2D eigenvalue weighted by atomic mass is 32.2. The van der Waals surface area contributed by atoms with Crippen molar-refractivity contribution in [2.24, 2.45) is 0 Å². The molecule has 1 N–H and O–H groups in total. The van der Waals surface area contributed by atoms with Crippen molar-refractivity contribution in [1.82, 2.24) is 4.98 Å². The van der Waals surface area contributed by atoms with Gasteiger partial charge >= 0.3 is 0 Å². The Balaban J connectivity index is 3.13. The zero-order chi connectivity index (χ0) is 12.1. The predicted octanol–water partition coefficient (Wildman–Crippen LogP) is 2.98. The second-order valence-electron chi connectivity index (χ2n) is 3.43. The van der Waals surface area contributed by atoms with E-state index >= 15 is 0 Å². The largest absolute Gasteiger partial charge is 0.384 e. The zero-order valence-corrected chi connectivity index (χ0v) is 10.8. The number of anilines is 2. The van der Waals surface area contributed by atoms with Crippen LogP contribution >= 0.6 is 11.8 Å². The van der Waals surface area contributed by atoms with E-state index in [4.69, 9.17) is 0 Å². The van der Waals surface area contributed by atoms with Gasteiger partial charge in [-0.25, -0.2) is 4.98 Å². The topological polar surface area (TPSA) is 28.2 Å². The average Bonchev–Trinajstić information content (AvgIpc) is 2.28. The minimum atomic E-state index is 0.889. The van der Waals surface area contributed by atoms with Gasteiger partial charge in [0.1, 0.15) is 5.03 Å². The molecule has 16 heavy (non-hydrogen) atoms. The minimum Gasteiger partial charge on any atom is -0.384 e. The highest BCUT2D eigenvalue weighted by Gasteiger charge is 2.10. The number of hydrogen-bond acceptors (Lipinski definition) is 4. The van der Waals surface area contributed by atoms with Gasteiger partial charge in [-0.1, -0.05) is 31.0 Å². The first-order valence-electron chi connectivity index (χ1n) is 4.93. The Hall–Kier alpha value is -1.42. The Labute approximate surface area is 101 Å². The van der Waals surface area contributed by atoms with Crippen molar-refractivity contribution < 1.29 is 0 Å². The number of rotatable bonds is 5. The van der Waals surface area contributed by atoms with E-state index in [9.17, 15) is 0 Å². The molecule has 0 radical (unpaired) electrons. The van der Waals surface area contributed by atoms with E-state index < -0.39 is 0 Å². The predicted molar refractivity (Wildman–Crippen MR) is 73.3 cm³/mol. The van der Waals surface area contributed by atoms with Crippen molar-refractivity contribution in [3.8, 4) is 0 Å². The van der Waals surface area contributed by atoms with Gasteiger partial charge in [-0.2, -0.15) is 0 Å². The third kappa shape index (κ3) is 2.79. The standard InChI is InChI=1S/C12H17N3S/c1-6-9(2)16-12-11(13-3)10(15(4)5)7-8-14-12/h6-8,13H,1-2H2,3-5H3. The summed E-state index contributed by atoms with van der Waals surface area (Å²) >= 11 is 1.51. The fourth-order valence-electron chi connectivity index (χ4n) is 1.28. The average molecular weight is 235 g/mol. The molecule has 0 aliphatic carbocycles. The maximum Gasteiger partial charge on any atom is 0.126 e. The van der Waals surface area contributed by atoms with Gasteiger partial charge in [0.05, 0.1) is 11.4 Å². The highest BCUT2D eigenvalue weighted by Crippen LogP contribution is 2.35. The lowest BCUT2D eigenvalue weighted by Gasteiger charge is -2.19. The summed E-state index contributed by atoms with van der Waals surface area (Å²) in [6, 6.07) is 1.98. The van der Waals surface area contributed by atoms with Crippen LogP contribution in [0.15, 0.2) is 41.4 Å². The summed E-state index contributed by atoms with van der Waals surface area (Å²) in [5.41, 5.74) is 2.12. The molecular weight excluding hydrogens is 218 g/mol. The van der Waals surface area contributed by atoms with Crippen LogP contribution in [0, 0.1) is 0 Å². The lowest BCUT2D eigenvalue weighted by Crippen LogP contribution is -2.12. The van der Waals surface area contributed by atoms with E-state index in [-0.39, 0.29) is 0 Å². The molecule has 1 aromatic heterocycles. The fraction of sp³-hybridized carbons (Fsp3) is 0.250. The maximum absolute atomic E-state index is 4.35. The second kappa shape index (κ2) is 5.61. The molecule has 0 unspecified atom stereocenters. The van der Waals surface area contributed by atoms with E-state index in [2.05, 4.69) is 23.5 Å². The second-order valence-corrected chi connectivity index (χ2v) is 4.54. The van der Waals surface area contributed by atoms with E-state index in [0.29, 0.717) is 0 Å². The Morgan fingerprint density at radius 2 is 2.25 bits per heavy atom. The van der Waals surface area contributed by atoms with Gasteiger partial charge in [0.25, 0.3) is 0 Å². The lowest BCUT2D eigenvalue weighted by atomic mass is 10.3. The van der Waals surface area contributed by atoms with Crippen molar-refractivity contribution in [2.45, 2.75) is 5.03 Å². The van der Waals surface area contributed by atoms with E-state index in [1.54, 1.807) is 12.3 Å². The van der Waals surface area contributed by atoms with Crippen molar-refractivity contribution in [3.63, 3.8) is 0 Å². The molecule has 1 rings (SSSR count). The summed E-state index contributed by atoms with van der Waals surface area (Å²) in [5, 5.41) is 4.09. The molecule has 0 atom stereocenters. The maximum atomic E-state index is 4.35. The van der Waals surface area contributed by atoms with Crippen LogP contribution < -0.4 is 10.2 Å². The number of nitrogens with zero attached hydrogens (tertiary/aromatic N) is 2. The van der Waals surface area contributed by atoms with Crippen molar-refractivity contribution in [1.29, 1.82) is 0 Å². The third-order valence-corrected chi connectivity index (χ3v) is 3.01. The van der Waals surface area contributed by atoms with E-state index in [1.807, 2.05) is 32.1 Å². The van der Waals surface area contributed by atoms with E-state index in [0.717, 1.165) is 21.3 Å². The fourth-order valence-corrected chi connectivity index (χ4v) is 2.04. The van der Waals surface area contributed by atoms with Gasteiger partial charge in [0.2, 0.25) is 0 Å². The molecular formula is C12H17N3S. The Bertz CT molecular complexity index is 399. The molecule has 0 spiro atoms. The molecule has 0 aliphatic heterocycles. The van der Waals surface area contributed by atoms with Crippen LogP contribution in [-0.2, 0) is 0 Å². The molecule has 0 aliphatic rings. The Morgan fingerprint density at radius 1 is 1.56 bits per heavy atom. The van der Waals surface area contributed by atoms with Crippen LogP contribution in [0.25, 0.3) is 0 Å². The van der Waals surface area contributed by atoms with Crippen LogP contribution in [0.3, 0.4) is 0 Å². The molecule has 0 aromatic carbocycles. The molecule has 0 saturated carbocycles. The summed E-state index contributed by atoms with van der Waals surface area (Å²) in [6.45, 7) is 7.57. The van der Waals surface area contributed by atoms with Gasteiger partial charge in [-0.15, -0.1) is 0 Å². The van der Waals surface area contributed by atoms with Gasteiger partial charge in [0, 0.05) is 32.2 Å². The molecule has 3 nitrogen and oxygen atoms in total. The quantitative estimate of drug-likeness (QED) is 0.627. The van der Waals surface area contributed by atoms with Crippen LogP contribution in [0.2, 0.25) is 0 Å². The van der Waals surface area contributed by atoms with Gasteiger partial charge in [-0.3, -0.25) is 0 Å². The third-order valence-electron chi connectivity index (χ3n) is 2.08. The number of hydrogen-bond donors (Lipinski definition) is 1. The Morgan fingerprint density at radius 3 is 2.75 bits per heavy atom. The van der Waals surface area contributed by atoms with E-state index in [1.165, 1.54) is 11.8 Å². The lowest BCUT2D eigenvalue weighted by molar-refractivity contribution is 1.07. The summed E-state index contributed by atoms with van der Waals surface area (Å²) in [6.07, 6.45) is 3.53. The first kappa shape index (κ1) is 12.6. The molecule has 1 heterocycles. The van der Waals surface area contributed by atoms with Gasteiger partial charge in [-0.05, 0) is 6.07 Å². The van der Waals surface area contributed by atoms with Crippen molar-refractivity contribution in [3.05, 3.63) is 36.4 Å². The molecule has 0 bridgehead atoms. The molecule has 86 valence electrons. The molecule has 0 amide bonds. The number of thioether (sulfide) groups is 1. The monoisotopic (exact) mass is 235 g/mol. The smallest absolute Gasteiger partial charge is 0.126 e. The number of allylic oxidation sites excluding steroid dienone is 1. The summed E-state index contributed by atoms with van der Waals surface area (Å²) in [5.74, 6) is 0. The summed E-state index contributed by atoms with van der Waals surface area (Å²) < 4.78 is 0. The molecule has 0 fully saturated rings. The normalized spacial score (nSPS) is 9.69. The number of aromatic nitrogens is 1.